The first-order chi connectivity index (χ1) is 9.30. The fraction of sp³-hybridized carbons (Fsp3) is 0.533. The number of halogens is 1. The van der Waals surface area contributed by atoms with Crippen LogP contribution in [0.15, 0.2) is 22.7 Å². The Hall–Kier alpha value is -1.23. The number of benzene rings is 1. The van der Waals surface area contributed by atoms with Crippen molar-refractivity contribution in [3.05, 3.63) is 28.2 Å². The second kappa shape index (κ2) is 5.64. The highest BCUT2D eigenvalue weighted by Gasteiger charge is 2.35. The Morgan fingerprint density at radius 2 is 2.00 bits per heavy atom. The van der Waals surface area contributed by atoms with E-state index in [9.17, 15) is 4.79 Å². The summed E-state index contributed by atoms with van der Waals surface area (Å²) in [6.07, 6.45) is -0.247. The fourth-order valence-electron chi connectivity index (χ4n) is 2.18. The van der Waals surface area contributed by atoms with Crippen LogP contribution in [0.25, 0.3) is 0 Å². The minimum absolute atomic E-state index is 0.247. The molecule has 1 heterocycles. The number of nitrogens with zero attached hydrogens (tertiary/aromatic N) is 1. The Balaban J connectivity index is 2.00. The van der Waals surface area contributed by atoms with Crippen molar-refractivity contribution in [1.29, 1.82) is 0 Å². The van der Waals surface area contributed by atoms with E-state index in [1.165, 1.54) is 0 Å². The van der Waals surface area contributed by atoms with E-state index in [0.29, 0.717) is 19.0 Å². The summed E-state index contributed by atoms with van der Waals surface area (Å²) in [6.45, 7) is 6.96. The van der Waals surface area contributed by atoms with Crippen molar-refractivity contribution in [3.8, 4) is 5.75 Å². The SMILES string of the molecule is COc1ccc(Br)cc1C1CN(C(=O)OC(C)(C)C)C1. The van der Waals surface area contributed by atoms with E-state index in [2.05, 4.69) is 22.0 Å². The van der Waals surface area contributed by atoms with Gasteiger partial charge in [0.15, 0.2) is 0 Å². The van der Waals surface area contributed by atoms with E-state index in [4.69, 9.17) is 9.47 Å². The Kier molecular flexibility index (Phi) is 4.28. The zero-order chi connectivity index (χ0) is 14.9. The number of carbonyl (C=O) groups is 1. The molecular formula is C15H20BrNO3. The van der Waals surface area contributed by atoms with Crippen LogP contribution in [0.3, 0.4) is 0 Å². The van der Waals surface area contributed by atoms with Crippen molar-refractivity contribution in [2.45, 2.75) is 32.3 Å². The maximum absolute atomic E-state index is 11.9. The van der Waals surface area contributed by atoms with Crippen LogP contribution in [0.4, 0.5) is 4.79 Å². The van der Waals surface area contributed by atoms with Gasteiger partial charge in [0.25, 0.3) is 0 Å². The topological polar surface area (TPSA) is 38.8 Å². The van der Waals surface area contributed by atoms with Gasteiger partial charge in [0.1, 0.15) is 11.4 Å². The predicted molar refractivity (Wildman–Crippen MR) is 81.2 cm³/mol. The Bertz CT molecular complexity index is 504. The number of hydrogen-bond donors (Lipinski definition) is 0. The second-order valence-electron chi connectivity index (χ2n) is 5.97. The lowest BCUT2D eigenvalue weighted by molar-refractivity contribution is 0.00800. The molecule has 0 spiro atoms. The maximum atomic E-state index is 11.9. The molecule has 4 nitrogen and oxygen atoms in total. The number of likely N-dealkylation sites (tertiary alicyclic amines) is 1. The molecule has 1 aliphatic heterocycles. The number of amides is 1. The van der Waals surface area contributed by atoms with E-state index in [-0.39, 0.29) is 6.09 Å². The van der Waals surface area contributed by atoms with Crippen molar-refractivity contribution in [1.82, 2.24) is 4.90 Å². The molecule has 0 bridgehead atoms. The highest BCUT2D eigenvalue weighted by atomic mass is 79.9. The minimum Gasteiger partial charge on any atom is -0.496 e. The Morgan fingerprint density at radius 3 is 2.55 bits per heavy atom. The summed E-state index contributed by atoms with van der Waals surface area (Å²) in [4.78, 5) is 13.6. The molecule has 2 rings (SSSR count). The van der Waals surface area contributed by atoms with E-state index in [1.807, 2.05) is 32.9 Å². The van der Waals surface area contributed by atoms with Gasteiger partial charge in [-0.25, -0.2) is 4.79 Å². The summed E-state index contributed by atoms with van der Waals surface area (Å²) in [5.74, 6) is 1.16. The Morgan fingerprint density at radius 1 is 1.35 bits per heavy atom. The highest BCUT2D eigenvalue weighted by molar-refractivity contribution is 9.10. The van der Waals surface area contributed by atoms with Gasteiger partial charge in [0.05, 0.1) is 7.11 Å². The van der Waals surface area contributed by atoms with Gasteiger partial charge in [-0.15, -0.1) is 0 Å². The van der Waals surface area contributed by atoms with Crippen molar-refractivity contribution < 1.29 is 14.3 Å². The average molecular weight is 342 g/mol. The molecule has 0 aromatic heterocycles. The predicted octanol–water partition coefficient (Wildman–Crippen LogP) is 3.79. The first kappa shape index (κ1) is 15.2. The van der Waals surface area contributed by atoms with Gasteiger partial charge in [0.2, 0.25) is 0 Å². The molecule has 0 saturated carbocycles. The van der Waals surface area contributed by atoms with E-state index in [1.54, 1.807) is 12.0 Å². The Labute approximate surface area is 128 Å². The van der Waals surface area contributed by atoms with E-state index < -0.39 is 5.60 Å². The molecule has 1 saturated heterocycles. The van der Waals surface area contributed by atoms with Crippen LogP contribution in [-0.2, 0) is 4.74 Å². The first-order valence-electron chi connectivity index (χ1n) is 6.61. The highest BCUT2D eigenvalue weighted by Crippen LogP contribution is 2.35. The molecule has 110 valence electrons. The first-order valence-corrected chi connectivity index (χ1v) is 7.41. The normalized spacial score (nSPS) is 15.8. The summed E-state index contributed by atoms with van der Waals surface area (Å²) in [5, 5.41) is 0. The van der Waals surface area contributed by atoms with Gasteiger partial charge in [-0.05, 0) is 39.0 Å². The molecule has 1 aliphatic rings. The van der Waals surface area contributed by atoms with Crippen LogP contribution < -0.4 is 4.74 Å². The van der Waals surface area contributed by atoms with Crippen molar-refractivity contribution in [2.24, 2.45) is 0 Å². The number of ether oxygens (including phenoxy) is 2. The summed E-state index contributed by atoms with van der Waals surface area (Å²) in [6, 6.07) is 5.94. The van der Waals surface area contributed by atoms with E-state index in [0.717, 1.165) is 15.8 Å². The van der Waals surface area contributed by atoms with E-state index >= 15 is 0 Å². The van der Waals surface area contributed by atoms with Gasteiger partial charge in [-0.1, -0.05) is 15.9 Å². The monoisotopic (exact) mass is 341 g/mol. The zero-order valence-corrected chi connectivity index (χ0v) is 13.9. The molecule has 5 heteroatoms. The lowest BCUT2D eigenvalue weighted by atomic mass is 9.91. The van der Waals surface area contributed by atoms with Gasteiger partial charge < -0.3 is 14.4 Å². The third-order valence-electron chi connectivity index (χ3n) is 3.16. The summed E-state index contributed by atoms with van der Waals surface area (Å²) >= 11 is 3.47. The smallest absolute Gasteiger partial charge is 0.410 e. The maximum Gasteiger partial charge on any atom is 0.410 e. The van der Waals surface area contributed by atoms with Crippen LogP contribution >= 0.6 is 15.9 Å². The number of carbonyl (C=O) groups excluding carboxylic acids is 1. The van der Waals surface area contributed by atoms with Crippen LogP contribution in [0.2, 0.25) is 0 Å². The summed E-state index contributed by atoms with van der Waals surface area (Å²) in [7, 11) is 1.66. The standard InChI is InChI=1S/C15H20BrNO3/c1-15(2,3)20-14(18)17-8-10(9-17)12-7-11(16)5-6-13(12)19-4/h5-7,10H,8-9H2,1-4H3. The molecule has 1 fully saturated rings. The number of hydrogen-bond acceptors (Lipinski definition) is 3. The van der Waals surface area contributed by atoms with Crippen LogP contribution in [0.5, 0.6) is 5.75 Å². The third-order valence-corrected chi connectivity index (χ3v) is 3.66. The molecule has 0 aliphatic carbocycles. The molecule has 0 N–H and O–H groups in total. The molecule has 0 radical (unpaired) electrons. The molecule has 1 aromatic carbocycles. The quantitative estimate of drug-likeness (QED) is 0.821. The van der Waals surface area contributed by atoms with Crippen LogP contribution in [-0.4, -0.2) is 36.8 Å². The molecular weight excluding hydrogens is 322 g/mol. The largest absolute Gasteiger partial charge is 0.496 e. The molecule has 0 unspecified atom stereocenters. The lowest BCUT2D eigenvalue weighted by Gasteiger charge is -2.40. The van der Waals surface area contributed by atoms with Crippen molar-refractivity contribution in [3.63, 3.8) is 0 Å². The second-order valence-corrected chi connectivity index (χ2v) is 6.88. The molecule has 0 atom stereocenters. The average Bonchev–Trinajstić information content (AvgIpc) is 2.24. The summed E-state index contributed by atoms with van der Waals surface area (Å²) < 4.78 is 11.7. The number of methoxy groups -OCH3 is 1. The molecule has 20 heavy (non-hydrogen) atoms. The zero-order valence-electron chi connectivity index (χ0n) is 12.3. The van der Waals surface area contributed by atoms with Crippen LogP contribution in [0, 0.1) is 0 Å². The molecule has 1 amide bonds. The van der Waals surface area contributed by atoms with Gasteiger partial charge in [-0.2, -0.15) is 0 Å². The number of rotatable bonds is 2. The fourth-order valence-corrected chi connectivity index (χ4v) is 2.55. The molecule has 1 aromatic rings. The third kappa shape index (κ3) is 3.45. The van der Waals surface area contributed by atoms with Crippen LogP contribution in [0.1, 0.15) is 32.3 Å². The van der Waals surface area contributed by atoms with Gasteiger partial charge in [-0.3, -0.25) is 0 Å². The van der Waals surface area contributed by atoms with Gasteiger partial charge >= 0.3 is 6.09 Å². The van der Waals surface area contributed by atoms with Crippen molar-refractivity contribution in [2.75, 3.05) is 20.2 Å². The minimum atomic E-state index is -0.449. The van der Waals surface area contributed by atoms with Crippen molar-refractivity contribution >= 4 is 22.0 Å². The lowest BCUT2D eigenvalue weighted by Crippen LogP contribution is -2.50. The summed E-state index contributed by atoms with van der Waals surface area (Å²) in [5.41, 5.74) is 0.678. The van der Waals surface area contributed by atoms with Gasteiger partial charge in [0, 0.05) is 29.0 Å².